The van der Waals surface area contributed by atoms with Crippen LogP contribution in [0.3, 0.4) is 0 Å². The zero-order chi connectivity index (χ0) is 17.0. The summed E-state index contributed by atoms with van der Waals surface area (Å²) in [5.74, 6) is 0.0372. The van der Waals surface area contributed by atoms with Gasteiger partial charge in [0.25, 0.3) is 5.91 Å². The predicted octanol–water partition coefficient (Wildman–Crippen LogP) is 3.57. The van der Waals surface area contributed by atoms with Gasteiger partial charge in [-0.2, -0.15) is 0 Å². The lowest BCUT2D eigenvalue weighted by Gasteiger charge is -2.28. The molecule has 0 atom stereocenters. The number of rotatable bonds is 1. The molecule has 0 saturated carbocycles. The average molecular weight is 349 g/mol. The van der Waals surface area contributed by atoms with Crippen LogP contribution in [0.1, 0.15) is 38.5 Å². The Bertz CT molecular complexity index is 1010. The summed E-state index contributed by atoms with van der Waals surface area (Å²) in [5.41, 5.74) is 12.0. The van der Waals surface area contributed by atoms with Crippen molar-refractivity contribution < 1.29 is 4.79 Å². The van der Waals surface area contributed by atoms with E-state index in [1.807, 2.05) is 11.0 Å². The van der Waals surface area contributed by atoms with Gasteiger partial charge in [-0.3, -0.25) is 4.79 Å². The van der Waals surface area contributed by atoms with Gasteiger partial charge in [-0.25, -0.2) is 4.98 Å². The number of nitrogens with zero attached hydrogens (tertiary/aromatic N) is 2. The highest BCUT2D eigenvalue weighted by Gasteiger charge is 2.26. The van der Waals surface area contributed by atoms with Crippen molar-refractivity contribution in [2.45, 2.75) is 32.2 Å². The highest BCUT2D eigenvalue weighted by molar-refractivity contribution is 7.21. The van der Waals surface area contributed by atoms with Crippen molar-refractivity contribution in [3.05, 3.63) is 57.6 Å². The highest BCUT2D eigenvalue weighted by atomic mass is 32.1. The van der Waals surface area contributed by atoms with E-state index in [4.69, 9.17) is 10.7 Å². The molecule has 1 amide bonds. The number of fused-ring (bicyclic) bond motifs is 3. The predicted molar refractivity (Wildman–Crippen MR) is 101 cm³/mol. The van der Waals surface area contributed by atoms with Crippen molar-refractivity contribution in [3.63, 3.8) is 0 Å². The molecule has 25 heavy (non-hydrogen) atoms. The second kappa shape index (κ2) is 5.56. The molecule has 3 heterocycles. The molecule has 3 aromatic rings. The number of amides is 1. The van der Waals surface area contributed by atoms with Crippen molar-refractivity contribution in [1.29, 1.82) is 0 Å². The van der Waals surface area contributed by atoms with Crippen molar-refractivity contribution in [2.75, 3.05) is 12.3 Å². The Balaban J connectivity index is 1.51. The number of thiophene rings is 1. The molecular formula is C20H19N3OS. The lowest BCUT2D eigenvalue weighted by atomic mass is 10.00. The largest absolute Gasteiger partial charge is 0.397 e. The molecule has 2 aromatic heterocycles. The first-order valence-electron chi connectivity index (χ1n) is 8.77. The molecule has 0 radical (unpaired) electrons. The Kier molecular flexibility index (Phi) is 3.31. The minimum absolute atomic E-state index is 0.0372. The first-order valence-corrected chi connectivity index (χ1v) is 9.59. The van der Waals surface area contributed by atoms with Gasteiger partial charge in [0.1, 0.15) is 9.71 Å². The Labute approximate surface area is 150 Å². The third kappa shape index (κ3) is 2.34. The maximum absolute atomic E-state index is 13.1. The van der Waals surface area contributed by atoms with Crippen molar-refractivity contribution in [3.8, 4) is 0 Å². The maximum Gasteiger partial charge on any atom is 0.266 e. The summed E-state index contributed by atoms with van der Waals surface area (Å²) in [6, 6.07) is 10.5. The minimum atomic E-state index is 0.0372. The molecule has 2 N–H and O–H groups in total. The van der Waals surface area contributed by atoms with Gasteiger partial charge in [-0.1, -0.05) is 24.3 Å². The summed E-state index contributed by atoms with van der Waals surface area (Å²) < 4.78 is 0. The lowest BCUT2D eigenvalue weighted by molar-refractivity contribution is 0.0740. The van der Waals surface area contributed by atoms with Crippen LogP contribution < -0.4 is 5.73 Å². The number of benzene rings is 1. The molecule has 1 aliphatic carbocycles. The van der Waals surface area contributed by atoms with Crippen LogP contribution in [-0.4, -0.2) is 22.3 Å². The molecule has 0 unspecified atom stereocenters. The monoisotopic (exact) mass is 349 g/mol. The second-order valence-electron chi connectivity index (χ2n) is 6.89. The average Bonchev–Trinajstić information content (AvgIpc) is 3.23. The van der Waals surface area contributed by atoms with Crippen molar-refractivity contribution >= 4 is 33.1 Å². The van der Waals surface area contributed by atoms with Gasteiger partial charge >= 0.3 is 0 Å². The molecule has 0 fully saturated rings. The van der Waals surface area contributed by atoms with Crippen LogP contribution in [-0.2, 0) is 25.8 Å². The normalized spacial score (nSPS) is 16.1. The lowest BCUT2D eigenvalue weighted by Crippen LogP contribution is -2.35. The molecule has 2 aliphatic rings. The number of hydrogen-bond donors (Lipinski definition) is 1. The fourth-order valence-corrected chi connectivity index (χ4v) is 5.03. The third-order valence-corrected chi connectivity index (χ3v) is 6.46. The summed E-state index contributed by atoms with van der Waals surface area (Å²) in [6.45, 7) is 1.40. The fraction of sp³-hybridized carbons (Fsp3) is 0.300. The standard InChI is InChI=1S/C20H19N3OS/c21-17-15-10-13-6-3-7-16(13)22-19(15)25-18(17)20(24)23-9-8-12-4-1-2-5-14(12)11-23/h1-2,4-5,10H,3,6-9,11,21H2. The Morgan fingerprint density at radius 3 is 2.84 bits per heavy atom. The van der Waals surface area contributed by atoms with Crippen LogP contribution in [0.5, 0.6) is 0 Å². The smallest absolute Gasteiger partial charge is 0.266 e. The fourth-order valence-electron chi connectivity index (χ4n) is 3.97. The molecule has 126 valence electrons. The van der Waals surface area contributed by atoms with E-state index in [0.717, 1.165) is 36.0 Å². The third-order valence-electron chi connectivity index (χ3n) is 5.36. The van der Waals surface area contributed by atoms with Crippen LogP contribution in [0.4, 0.5) is 5.69 Å². The zero-order valence-electron chi connectivity index (χ0n) is 13.9. The van der Waals surface area contributed by atoms with Gasteiger partial charge in [-0.15, -0.1) is 11.3 Å². The minimum Gasteiger partial charge on any atom is -0.397 e. The summed E-state index contributed by atoms with van der Waals surface area (Å²) in [4.78, 5) is 21.3. The van der Waals surface area contributed by atoms with Crippen LogP contribution in [0.25, 0.3) is 10.2 Å². The van der Waals surface area contributed by atoms with E-state index in [1.165, 1.54) is 40.1 Å². The number of pyridine rings is 1. The number of nitrogens with two attached hydrogens (primary N) is 1. The van der Waals surface area contributed by atoms with Crippen molar-refractivity contribution in [1.82, 2.24) is 9.88 Å². The Morgan fingerprint density at radius 2 is 1.96 bits per heavy atom. The number of nitrogen functional groups attached to an aromatic ring is 1. The summed E-state index contributed by atoms with van der Waals surface area (Å²) in [5, 5.41) is 0.950. The highest BCUT2D eigenvalue weighted by Crippen LogP contribution is 2.37. The quantitative estimate of drug-likeness (QED) is 0.731. The van der Waals surface area contributed by atoms with Gasteiger partial charge in [0, 0.05) is 24.2 Å². The van der Waals surface area contributed by atoms with Gasteiger partial charge in [0.15, 0.2) is 0 Å². The molecular weight excluding hydrogens is 330 g/mol. The number of aryl methyl sites for hydroxylation is 2. The van der Waals surface area contributed by atoms with Crippen LogP contribution in [0.15, 0.2) is 30.3 Å². The summed E-state index contributed by atoms with van der Waals surface area (Å²) in [7, 11) is 0. The van der Waals surface area contributed by atoms with Crippen molar-refractivity contribution in [2.24, 2.45) is 0 Å². The number of carbonyl (C=O) groups is 1. The van der Waals surface area contributed by atoms with E-state index in [9.17, 15) is 4.79 Å². The SMILES string of the molecule is Nc1c(C(=O)N2CCc3ccccc3C2)sc2nc3c(cc12)CCC3. The molecule has 5 heteroatoms. The van der Waals surface area contributed by atoms with E-state index >= 15 is 0 Å². The van der Waals surface area contributed by atoms with E-state index in [1.54, 1.807) is 0 Å². The molecule has 0 spiro atoms. The van der Waals surface area contributed by atoms with Gasteiger partial charge in [0.2, 0.25) is 0 Å². The Hall–Kier alpha value is -2.40. The maximum atomic E-state index is 13.1. The van der Waals surface area contributed by atoms with Gasteiger partial charge in [-0.05, 0) is 48.4 Å². The summed E-state index contributed by atoms with van der Waals surface area (Å²) in [6.07, 6.45) is 4.17. The topological polar surface area (TPSA) is 59.2 Å². The molecule has 0 bridgehead atoms. The molecule has 1 aliphatic heterocycles. The van der Waals surface area contributed by atoms with Gasteiger partial charge < -0.3 is 10.6 Å². The first kappa shape index (κ1) is 14.9. The molecule has 4 nitrogen and oxygen atoms in total. The van der Waals surface area contributed by atoms with E-state index in [0.29, 0.717) is 17.1 Å². The summed E-state index contributed by atoms with van der Waals surface area (Å²) >= 11 is 1.45. The van der Waals surface area contributed by atoms with Gasteiger partial charge in [0.05, 0.1) is 5.69 Å². The second-order valence-corrected chi connectivity index (χ2v) is 7.89. The molecule has 1 aromatic carbocycles. The van der Waals surface area contributed by atoms with Crippen LogP contribution >= 0.6 is 11.3 Å². The number of carbonyl (C=O) groups excluding carboxylic acids is 1. The van der Waals surface area contributed by atoms with Crippen LogP contribution in [0.2, 0.25) is 0 Å². The number of anilines is 1. The van der Waals surface area contributed by atoms with E-state index in [2.05, 4.69) is 24.3 Å². The first-order chi connectivity index (χ1) is 12.2. The van der Waals surface area contributed by atoms with E-state index < -0.39 is 0 Å². The van der Waals surface area contributed by atoms with Crippen LogP contribution in [0, 0.1) is 0 Å². The molecule has 5 rings (SSSR count). The zero-order valence-corrected chi connectivity index (χ0v) is 14.7. The molecule has 0 saturated heterocycles. The van der Waals surface area contributed by atoms with E-state index in [-0.39, 0.29) is 5.91 Å². The Morgan fingerprint density at radius 1 is 1.12 bits per heavy atom. The number of aromatic nitrogens is 1. The number of hydrogen-bond acceptors (Lipinski definition) is 4.